The van der Waals surface area contributed by atoms with E-state index < -0.39 is 6.10 Å². The number of carbonyl (C=O) groups excluding carboxylic acids is 1. The number of carbonyl (C=O) groups is 1. The van der Waals surface area contributed by atoms with E-state index in [9.17, 15) is 9.90 Å². The maximum absolute atomic E-state index is 11.4. The minimum absolute atomic E-state index is 0.0296. The molecule has 5 nitrogen and oxygen atoms in total. The highest BCUT2D eigenvalue weighted by Gasteiger charge is 2.14. The molecule has 2 rings (SSSR count). The van der Waals surface area contributed by atoms with Crippen LogP contribution in [0.4, 0.5) is 0 Å². The number of nitrogens with one attached hydrogen (secondary N) is 1. The monoisotopic (exact) mass is 347 g/mol. The van der Waals surface area contributed by atoms with Gasteiger partial charge in [-0.15, -0.1) is 11.3 Å². The fourth-order valence-electron chi connectivity index (χ4n) is 2.40. The minimum atomic E-state index is -0.519. The molecule has 1 atom stereocenters. The summed E-state index contributed by atoms with van der Waals surface area (Å²) in [5.74, 6) is -0.0296. The molecule has 1 unspecified atom stereocenters. The summed E-state index contributed by atoms with van der Waals surface area (Å²) in [7, 11) is 1.63. The molecule has 1 aromatic carbocycles. The Bertz CT molecular complexity index is 655. The van der Waals surface area contributed by atoms with Gasteiger partial charge in [-0.3, -0.25) is 9.69 Å². The van der Waals surface area contributed by atoms with Crippen LogP contribution in [-0.4, -0.2) is 41.0 Å². The third kappa shape index (κ3) is 5.40. The normalized spacial score (nSPS) is 12.4. The first-order valence-electron chi connectivity index (χ1n) is 8.12. The van der Waals surface area contributed by atoms with Gasteiger partial charge in [0.25, 0.3) is 0 Å². The zero-order valence-electron chi connectivity index (χ0n) is 14.5. The van der Waals surface area contributed by atoms with Crippen molar-refractivity contribution in [2.75, 3.05) is 20.1 Å². The lowest BCUT2D eigenvalue weighted by molar-refractivity contribution is -0.119. The van der Waals surface area contributed by atoms with E-state index in [1.807, 2.05) is 36.6 Å². The van der Waals surface area contributed by atoms with Crippen LogP contribution >= 0.6 is 11.3 Å². The molecule has 6 heteroatoms. The molecule has 24 heavy (non-hydrogen) atoms. The van der Waals surface area contributed by atoms with Crippen molar-refractivity contribution in [3.63, 3.8) is 0 Å². The Labute approximate surface area is 147 Å². The van der Waals surface area contributed by atoms with Crippen LogP contribution in [0.2, 0.25) is 0 Å². The number of rotatable bonds is 8. The third-order valence-corrected chi connectivity index (χ3v) is 4.81. The van der Waals surface area contributed by atoms with Gasteiger partial charge in [0.1, 0.15) is 5.01 Å². The zero-order chi connectivity index (χ0) is 17.5. The zero-order valence-corrected chi connectivity index (χ0v) is 15.3. The molecule has 1 heterocycles. The number of likely N-dealkylation sites (N-methyl/N-ethyl adjacent to an activating group) is 2. The number of benzene rings is 1. The second kappa shape index (κ2) is 8.92. The van der Waals surface area contributed by atoms with Gasteiger partial charge in [-0.1, -0.05) is 36.8 Å². The predicted octanol–water partition coefficient (Wildman–Crippen LogP) is 2.30. The summed E-state index contributed by atoms with van der Waals surface area (Å²) in [6.45, 7) is 6.16. The Morgan fingerprint density at radius 1 is 1.38 bits per heavy atom. The minimum Gasteiger partial charge on any atom is -0.387 e. The average molecular weight is 347 g/mol. The van der Waals surface area contributed by atoms with E-state index in [4.69, 9.17) is 0 Å². The highest BCUT2D eigenvalue weighted by Crippen LogP contribution is 2.17. The van der Waals surface area contributed by atoms with E-state index in [0.29, 0.717) is 19.5 Å². The van der Waals surface area contributed by atoms with Crippen LogP contribution in [0.1, 0.15) is 34.9 Å². The first-order valence-corrected chi connectivity index (χ1v) is 9.00. The third-order valence-electron chi connectivity index (χ3n) is 3.92. The molecule has 0 bridgehead atoms. The number of aliphatic hydroxyl groups is 1. The second-order valence-electron chi connectivity index (χ2n) is 5.84. The molecule has 0 spiro atoms. The van der Waals surface area contributed by atoms with Crippen molar-refractivity contribution in [2.45, 2.75) is 32.9 Å². The summed E-state index contributed by atoms with van der Waals surface area (Å²) in [4.78, 5) is 18.1. The predicted molar refractivity (Wildman–Crippen MR) is 97.0 cm³/mol. The summed E-state index contributed by atoms with van der Waals surface area (Å²) in [5.41, 5.74) is 3.05. The highest BCUT2D eigenvalue weighted by molar-refractivity contribution is 7.09. The number of nitrogens with zero attached hydrogens (tertiary/aromatic N) is 2. The molecule has 130 valence electrons. The molecule has 0 aliphatic heterocycles. The summed E-state index contributed by atoms with van der Waals surface area (Å²) >= 11 is 1.50. The molecule has 0 aliphatic carbocycles. The fourth-order valence-corrected chi connectivity index (χ4v) is 3.19. The molecule has 0 aliphatic rings. The van der Waals surface area contributed by atoms with Gasteiger partial charge in [-0.05, 0) is 19.0 Å². The van der Waals surface area contributed by atoms with E-state index in [2.05, 4.69) is 22.1 Å². The highest BCUT2D eigenvalue weighted by atomic mass is 32.1. The van der Waals surface area contributed by atoms with Crippen LogP contribution in [-0.2, 0) is 17.8 Å². The quantitative estimate of drug-likeness (QED) is 0.769. The average Bonchev–Trinajstić information content (AvgIpc) is 3.01. The number of hydrogen-bond donors (Lipinski definition) is 2. The van der Waals surface area contributed by atoms with Crippen molar-refractivity contribution >= 4 is 17.2 Å². The van der Waals surface area contributed by atoms with Gasteiger partial charge >= 0.3 is 0 Å². The van der Waals surface area contributed by atoms with Gasteiger partial charge in [0.05, 0.1) is 18.2 Å². The lowest BCUT2D eigenvalue weighted by Crippen LogP contribution is -2.28. The summed E-state index contributed by atoms with van der Waals surface area (Å²) in [6, 6.07) is 7.97. The molecular formula is C18H25N3O2S. The van der Waals surface area contributed by atoms with Gasteiger partial charge in [-0.2, -0.15) is 0 Å². The van der Waals surface area contributed by atoms with E-state index >= 15 is 0 Å². The van der Waals surface area contributed by atoms with E-state index in [-0.39, 0.29) is 5.91 Å². The Balaban J connectivity index is 1.94. The largest absolute Gasteiger partial charge is 0.387 e. The molecule has 2 N–H and O–H groups in total. The Morgan fingerprint density at radius 2 is 2.08 bits per heavy atom. The number of thiazole rings is 1. The van der Waals surface area contributed by atoms with Crippen LogP contribution in [0.25, 0.3) is 0 Å². The Morgan fingerprint density at radius 3 is 2.71 bits per heavy atom. The summed E-state index contributed by atoms with van der Waals surface area (Å²) in [6.07, 6.45) is -0.200. The van der Waals surface area contributed by atoms with Crippen LogP contribution < -0.4 is 5.32 Å². The van der Waals surface area contributed by atoms with Gasteiger partial charge in [0.2, 0.25) is 5.91 Å². The molecule has 0 fully saturated rings. The number of hydrogen-bond acceptors (Lipinski definition) is 5. The lowest BCUT2D eigenvalue weighted by atomic mass is 10.1. The maximum Gasteiger partial charge on any atom is 0.226 e. The van der Waals surface area contributed by atoms with Gasteiger partial charge in [-0.25, -0.2) is 4.98 Å². The number of amides is 1. The second-order valence-corrected chi connectivity index (χ2v) is 6.78. The van der Waals surface area contributed by atoms with Crippen LogP contribution in [0.5, 0.6) is 0 Å². The van der Waals surface area contributed by atoms with E-state index in [0.717, 1.165) is 22.8 Å². The molecule has 0 saturated carbocycles. The van der Waals surface area contributed by atoms with Crippen molar-refractivity contribution < 1.29 is 9.90 Å². The van der Waals surface area contributed by atoms with Gasteiger partial charge in [0, 0.05) is 25.5 Å². The van der Waals surface area contributed by atoms with Crippen molar-refractivity contribution in [1.82, 2.24) is 15.2 Å². The molecule has 0 radical (unpaired) electrons. The molecule has 1 amide bonds. The molecular weight excluding hydrogens is 322 g/mol. The van der Waals surface area contributed by atoms with Crippen LogP contribution in [0, 0.1) is 6.92 Å². The summed E-state index contributed by atoms with van der Waals surface area (Å²) < 4.78 is 0. The van der Waals surface area contributed by atoms with Crippen molar-refractivity contribution in [1.29, 1.82) is 0 Å². The standard InChI is InChI=1S/C18H25N3O2S/c1-4-21(11-16(22)14-7-5-13(2)6-8-14)10-15-12-24-18(20-15)9-17(23)19-3/h5-8,12,16,22H,4,9-11H2,1-3H3,(H,19,23). The smallest absolute Gasteiger partial charge is 0.226 e. The van der Waals surface area contributed by atoms with Crippen LogP contribution in [0.3, 0.4) is 0 Å². The lowest BCUT2D eigenvalue weighted by Gasteiger charge is -2.23. The number of aliphatic hydroxyl groups excluding tert-OH is 1. The fraction of sp³-hybridized carbons (Fsp3) is 0.444. The first kappa shape index (κ1) is 18.6. The summed E-state index contributed by atoms with van der Waals surface area (Å²) in [5, 5.41) is 15.8. The van der Waals surface area contributed by atoms with Gasteiger partial charge < -0.3 is 10.4 Å². The molecule has 0 saturated heterocycles. The Hall–Kier alpha value is -1.76. The number of aryl methyl sites for hydroxylation is 1. The van der Waals surface area contributed by atoms with Crippen molar-refractivity contribution in [2.24, 2.45) is 0 Å². The van der Waals surface area contributed by atoms with Gasteiger partial charge in [0.15, 0.2) is 0 Å². The van der Waals surface area contributed by atoms with Crippen molar-refractivity contribution in [3.05, 3.63) is 51.5 Å². The first-order chi connectivity index (χ1) is 11.5. The van der Waals surface area contributed by atoms with Crippen molar-refractivity contribution in [3.8, 4) is 0 Å². The maximum atomic E-state index is 11.4. The molecule has 1 aromatic heterocycles. The topological polar surface area (TPSA) is 65.5 Å². The number of aromatic nitrogens is 1. The van der Waals surface area contributed by atoms with E-state index in [1.165, 1.54) is 16.9 Å². The van der Waals surface area contributed by atoms with E-state index in [1.54, 1.807) is 7.05 Å². The SMILES string of the molecule is CCN(Cc1csc(CC(=O)NC)n1)CC(O)c1ccc(C)cc1. The Kier molecular flexibility index (Phi) is 6.90. The van der Waals surface area contributed by atoms with Crippen LogP contribution in [0.15, 0.2) is 29.6 Å². The molecule has 2 aromatic rings.